The van der Waals surface area contributed by atoms with Crippen LogP contribution in [0.2, 0.25) is 0 Å². The molecule has 2 aromatic heterocycles. The van der Waals surface area contributed by atoms with Crippen molar-refractivity contribution in [1.29, 1.82) is 0 Å². The SMILES string of the molecule is CC(C)c1nc(NC2CCC(N3CCOCC3)CC2)c2c(cnn2C)n1. The Bertz CT molecular complexity index is 744. The minimum Gasteiger partial charge on any atom is -0.379 e. The zero-order valence-corrected chi connectivity index (χ0v) is 16.1. The van der Waals surface area contributed by atoms with Crippen molar-refractivity contribution in [1.82, 2.24) is 24.6 Å². The Hall–Kier alpha value is -1.73. The molecule has 2 fully saturated rings. The number of rotatable bonds is 4. The highest BCUT2D eigenvalue weighted by atomic mass is 16.5. The smallest absolute Gasteiger partial charge is 0.156 e. The molecule has 0 unspecified atom stereocenters. The van der Waals surface area contributed by atoms with Crippen molar-refractivity contribution in [3.63, 3.8) is 0 Å². The van der Waals surface area contributed by atoms with Crippen LogP contribution < -0.4 is 5.32 Å². The summed E-state index contributed by atoms with van der Waals surface area (Å²) in [4.78, 5) is 12.1. The largest absolute Gasteiger partial charge is 0.379 e. The van der Waals surface area contributed by atoms with Gasteiger partial charge in [-0.2, -0.15) is 5.10 Å². The predicted octanol–water partition coefficient (Wildman–Crippen LogP) is 2.54. The molecule has 0 bridgehead atoms. The summed E-state index contributed by atoms with van der Waals surface area (Å²) in [5.41, 5.74) is 1.93. The molecule has 0 atom stereocenters. The molecule has 7 nitrogen and oxygen atoms in total. The van der Waals surface area contributed by atoms with Crippen molar-refractivity contribution in [3.05, 3.63) is 12.0 Å². The molecule has 0 spiro atoms. The van der Waals surface area contributed by atoms with Crippen molar-refractivity contribution >= 4 is 16.9 Å². The van der Waals surface area contributed by atoms with Gasteiger partial charge in [0.1, 0.15) is 16.9 Å². The summed E-state index contributed by atoms with van der Waals surface area (Å²) in [7, 11) is 1.96. The Kier molecular flexibility index (Phi) is 5.09. The van der Waals surface area contributed by atoms with E-state index in [1.165, 1.54) is 25.7 Å². The van der Waals surface area contributed by atoms with Crippen molar-refractivity contribution in [2.24, 2.45) is 7.05 Å². The Morgan fingerprint density at radius 2 is 1.85 bits per heavy atom. The second-order valence-corrected chi connectivity index (χ2v) is 7.89. The first kappa shape index (κ1) is 17.7. The lowest BCUT2D eigenvalue weighted by Crippen LogP contribution is -2.46. The third kappa shape index (κ3) is 3.55. The molecule has 1 saturated heterocycles. The summed E-state index contributed by atoms with van der Waals surface area (Å²) in [6.07, 6.45) is 6.69. The number of ether oxygens (including phenoxy) is 1. The maximum Gasteiger partial charge on any atom is 0.156 e. The number of aromatic nitrogens is 4. The van der Waals surface area contributed by atoms with Gasteiger partial charge in [-0.3, -0.25) is 9.58 Å². The van der Waals surface area contributed by atoms with Gasteiger partial charge < -0.3 is 10.1 Å². The molecular formula is C19H30N6O. The van der Waals surface area contributed by atoms with E-state index < -0.39 is 0 Å². The van der Waals surface area contributed by atoms with Crippen molar-refractivity contribution in [2.75, 3.05) is 31.6 Å². The summed E-state index contributed by atoms with van der Waals surface area (Å²) in [5.74, 6) is 2.13. The molecular weight excluding hydrogens is 328 g/mol. The van der Waals surface area contributed by atoms with E-state index in [-0.39, 0.29) is 0 Å². The molecule has 0 amide bonds. The number of anilines is 1. The van der Waals surface area contributed by atoms with Gasteiger partial charge in [0.25, 0.3) is 0 Å². The van der Waals surface area contributed by atoms with Crippen molar-refractivity contribution in [2.45, 2.75) is 57.5 Å². The van der Waals surface area contributed by atoms with Crippen LogP contribution in [0.1, 0.15) is 51.3 Å². The summed E-state index contributed by atoms with van der Waals surface area (Å²) in [5, 5.41) is 8.09. The van der Waals surface area contributed by atoms with E-state index in [1.54, 1.807) is 0 Å². The van der Waals surface area contributed by atoms with Gasteiger partial charge in [0.2, 0.25) is 0 Å². The van der Waals surface area contributed by atoms with Gasteiger partial charge in [0, 0.05) is 38.1 Å². The average Bonchev–Trinajstić information content (AvgIpc) is 3.04. The molecule has 1 saturated carbocycles. The van der Waals surface area contributed by atoms with Crippen molar-refractivity contribution < 1.29 is 4.74 Å². The third-order valence-electron chi connectivity index (χ3n) is 5.72. The number of aryl methyl sites for hydroxylation is 1. The van der Waals surface area contributed by atoms with Gasteiger partial charge in [-0.1, -0.05) is 13.8 Å². The Balaban J connectivity index is 1.47. The van der Waals surface area contributed by atoms with Crippen molar-refractivity contribution in [3.8, 4) is 0 Å². The van der Waals surface area contributed by atoms with Gasteiger partial charge in [0.05, 0.1) is 19.4 Å². The molecule has 1 aliphatic carbocycles. The van der Waals surface area contributed by atoms with Crippen LogP contribution >= 0.6 is 0 Å². The van der Waals surface area contributed by atoms with Gasteiger partial charge in [-0.05, 0) is 25.7 Å². The molecule has 4 rings (SSSR count). The summed E-state index contributed by atoms with van der Waals surface area (Å²) >= 11 is 0. The van der Waals surface area contributed by atoms with E-state index >= 15 is 0 Å². The number of nitrogens with zero attached hydrogens (tertiary/aromatic N) is 5. The van der Waals surface area contributed by atoms with E-state index in [4.69, 9.17) is 9.72 Å². The molecule has 142 valence electrons. The quantitative estimate of drug-likeness (QED) is 0.906. The van der Waals surface area contributed by atoms with Crippen LogP contribution in [0, 0.1) is 0 Å². The fourth-order valence-electron chi connectivity index (χ4n) is 4.18. The van der Waals surface area contributed by atoms with Crippen LogP contribution in [0.25, 0.3) is 11.0 Å². The molecule has 2 aliphatic rings. The molecule has 1 N–H and O–H groups in total. The highest BCUT2D eigenvalue weighted by Crippen LogP contribution is 2.28. The first-order valence-corrected chi connectivity index (χ1v) is 9.90. The maximum absolute atomic E-state index is 5.49. The fourth-order valence-corrected chi connectivity index (χ4v) is 4.18. The van der Waals surface area contributed by atoms with E-state index in [0.717, 1.165) is 49.0 Å². The highest BCUT2D eigenvalue weighted by molar-refractivity contribution is 5.85. The average molecular weight is 358 g/mol. The molecule has 0 aromatic carbocycles. The lowest BCUT2D eigenvalue weighted by atomic mass is 9.90. The monoisotopic (exact) mass is 358 g/mol. The standard InChI is InChI=1S/C19H30N6O/c1-13(2)18-22-16-12-20-24(3)17(16)19(23-18)21-14-4-6-15(7-5-14)25-8-10-26-11-9-25/h12-15H,4-11H2,1-3H3,(H,21,22,23). The number of hydrogen-bond acceptors (Lipinski definition) is 6. The maximum atomic E-state index is 5.49. The Morgan fingerprint density at radius 1 is 1.12 bits per heavy atom. The number of fused-ring (bicyclic) bond motifs is 1. The van der Waals surface area contributed by atoms with Crippen LogP contribution in [0.3, 0.4) is 0 Å². The summed E-state index contributed by atoms with van der Waals surface area (Å²) < 4.78 is 7.37. The number of morpholine rings is 1. The van der Waals surface area contributed by atoms with Crippen LogP contribution in [0.5, 0.6) is 0 Å². The summed E-state index contributed by atoms with van der Waals surface area (Å²) in [6.45, 7) is 8.21. The zero-order valence-electron chi connectivity index (χ0n) is 16.1. The van der Waals surface area contributed by atoms with E-state index in [0.29, 0.717) is 18.0 Å². The van der Waals surface area contributed by atoms with Gasteiger partial charge in [-0.25, -0.2) is 9.97 Å². The molecule has 26 heavy (non-hydrogen) atoms. The lowest BCUT2D eigenvalue weighted by molar-refractivity contribution is 0.00791. The molecule has 3 heterocycles. The predicted molar refractivity (Wildman–Crippen MR) is 102 cm³/mol. The molecule has 1 aliphatic heterocycles. The normalized spacial score (nSPS) is 25.1. The fraction of sp³-hybridized carbons (Fsp3) is 0.737. The first-order valence-electron chi connectivity index (χ1n) is 9.90. The van der Waals surface area contributed by atoms with Crippen LogP contribution in [0.15, 0.2) is 6.20 Å². The molecule has 2 aromatic rings. The number of hydrogen-bond donors (Lipinski definition) is 1. The van der Waals surface area contributed by atoms with Gasteiger partial charge in [-0.15, -0.1) is 0 Å². The Morgan fingerprint density at radius 3 is 2.54 bits per heavy atom. The lowest BCUT2D eigenvalue weighted by Gasteiger charge is -2.39. The number of nitrogens with one attached hydrogen (secondary N) is 1. The first-order chi connectivity index (χ1) is 12.6. The molecule has 7 heteroatoms. The topological polar surface area (TPSA) is 68.1 Å². The Labute approximate surface area is 155 Å². The summed E-state index contributed by atoms with van der Waals surface area (Å²) in [6, 6.07) is 1.19. The minimum atomic E-state index is 0.303. The van der Waals surface area contributed by atoms with Gasteiger partial charge >= 0.3 is 0 Å². The van der Waals surface area contributed by atoms with E-state index in [9.17, 15) is 0 Å². The zero-order chi connectivity index (χ0) is 18.1. The second kappa shape index (κ2) is 7.48. The minimum absolute atomic E-state index is 0.303. The van der Waals surface area contributed by atoms with Crippen LogP contribution in [-0.2, 0) is 11.8 Å². The molecule has 0 radical (unpaired) electrons. The third-order valence-corrected chi connectivity index (χ3v) is 5.72. The van der Waals surface area contributed by atoms with E-state index in [2.05, 4.69) is 34.1 Å². The van der Waals surface area contributed by atoms with Crippen LogP contribution in [-0.4, -0.2) is 63.0 Å². The van der Waals surface area contributed by atoms with Gasteiger partial charge in [0.15, 0.2) is 5.82 Å². The van der Waals surface area contributed by atoms with E-state index in [1.807, 2.05) is 17.9 Å². The second-order valence-electron chi connectivity index (χ2n) is 7.89. The highest BCUT2D eigenvalue weighted by Gasteiger charge is 2.27. The van der Waals surface area contributed by atoms with Crippen LogP contribution in [0.4, 0.5) is 5.82 Å².